The Kier molecular flexibility index (Phi) is 6.10. The molecule has 5 aromatic rings. The normalized spacial score (nSPS) is 12.1. The van der Waals surface area contributed by atoms with E-state index in [9.17, 15) is 9.90 Å². The predicted molar refractivity (Wildman–Crippen MR) is 138 cm³/mol. The maximum atomic E-state index is 12.4. The summed E-state index contributed by atoms with van der Waals surface area (Å²) in [7, 11) is 0. The van der Waals surface area contributed by atoms with E-state index in [0.29, 0.717) is 27.3 Å². The minimum atomic E-state index is -0.911. The fraction of sp³-hybridized carbons (Fsp3) is 0.0714. The Morgan fingerprint density at radius 1 is 0.824 bits per heavy atom. The molecule has 2 N–H and O–H groups in total. The Labute approximate surface area is 206 Å². The third-order valence-corrected chi connectivity index (χ3v) is 6.58. The van der Waals surface area contributed by atoms with Crippen LogP contribution in [0.3, 0.4) is 0 Å². The second-order valence-corrected chi connectivity index (χ2v) is 8.84. The summed E-state index contributed by atoms with van der Waals surface area (Å²) in [6.07, 6.45) is 0.186. The van der Waals surface area contributed by atoms with E-state index in [2.05, 4.69) is 4.98 Å². The van der Waals surface area contributed by atoms with Crippen LogP contribution >= 0.6 is 23.2 Å². The number of halogens is 2. The standard InChI is InChI=1S/C28H20Cl2N2O2/c29-23-14-5-3-11-20(23)26-27(21-12-4-6-15-24(21)30)32-25(31-26)16-22(28(33)34)19-13-7-9-17-8-1-2-10-18(17)19/h1-15,22H,16H2,(H,31,32)(H,33,34). The highest BCUT2D eigenvalue weighted by atomic mass is 35.5. The highest BCUT2D eigenvalue weighted by molar-refractivity contribution is 6.34. The van der Waals surface area contributed by atoms with Crippen molar-refractivity contribution in [2.75, 3.05) is 0 Å². The van der Waals surface area contributed by atoms with E-state index in [-0.39, 0.29) is 6.42 Å². The Morgan fingerprint density at radius 3 is 2.15 bits per heavy atom. The number of aromatic amines is 1. The number of hydrogen-bond acceptors (Lipinski definition) is 2. The largest absolute Gasteiger partial charge is 0.481 e. The number of rotatable bonds is 6. The monoisotopic (exact) mass is 486 g/mol. The number of carboxylic acids is 1. The lowest BCUT2D eigenvalue weighted by Gasteiger charge is -2.14. The molecule has 34 heavy (non-hydrogen) atoms. The first kappa shape index (κ1) is 22.2. The number of carboxylic acid groups (broad SMARTS) is 1. The van der Waals surface area contributed by atoms with Gasteiger partial charge in [0.1, 0.15) is 5.82 Å². The number of imidazole rings is 1. The lowest BCUT2D eigenvalue weighted by atomic mass is 9.91. The summed E-state index contributed by atoms with van der Waals surface area (Å²) in [4.78, 5) is 20.6. The molecule has 1 atom stereocenters. The Morgan fingerprint density at radius 2 is 1.44 bits per heavy atom. The average molecular weight is 487 g/mol. The zero-order valence-corrected chi connectivity index (χ0v) is 19.5. The average Bonchev–Trinajstić information content (AvgIpc) is 3.26. The Hall–Kier alpha value is -3.60. The fourth-order valence-electron chi connectivity index (χ4n) is 4.30. The van der Waals surface area contributed by atoms with Crippen molar-refractivity contribution in [2.45, 2.75) is 12.3 Å². The van der Waals surface area contributed by atoms with Gasteiger partial charge in [-0.25, -0.2) is 4.98 Å². The molecule has 0 saturated heterocycles. The predicted octanol–water partition coefficient (Wildman–Crippen LogP) is 7.61. The van der Waals surface area contributed by atoms with Crippen molar-refractivity contribution in [3.63, 3.8) is 0 Å². The van der Waals surface area contributed by atoms with Crippen LogP contribution < -0.4 is 0 Å². The highest BCUT2D eigenvalue weighted by Gasteiger charge is 2.26. The van der Waals surface area contributed by atoms with Crippen LogP contribution in [-0.2, 0) is 11.2 Å². The van der Waals surface area contributed by atoms with Crippen LogP contribution in [0.25, 0.3) is 33.3 Å². The first-order chi connectivity index (χ1) is 16.5. The van der Waals surface area contributed by atoms with Crippen LogP contribution in [0.15, 0.2) is 91.0 Å². The molecule has 0 amide bonds. The maximum absolute atomic E-state index is 12.4. The van der Waals surface area contributed by atoms with Crippen LogP contribution in [0.1, 0.15) is 17.3 Å². The molecule has 0 radical (unpaired) electrons. The summed E-state index contributed by atoms with van der Waals surface area (Å²) < 4.78 is 0. The van der Waals surface area contributed by atoms with Gasteiger partial charge in [-0.1, -0.05) is 102 Å². The molecule has 4 aromatic carbocycles. The van der Waals surface area contributed by atoms with Crippen LogP contribution in [0.4, 0.5) is 0 Å². The van der Waals surface area contributed by atoms with E-state index < -0.39 is 11.9 Å². The van der Waals surface area contributed by atoms with Crippen molar-refractivity contribution in [3.05, 3.63) is 112 Å². The van der Waals surface area contributed by atoms with E-state index in [4.69, 9.17) is 28.2 Å². The van der Waals surface area contributed by atoms with Gasteiger partial charge in [-0.05, 0) is 28.5 Å². The summed E-state index contributed by atoms with van der Waals surface area (Å²) in [5.74, 6) is -1.15. The van der Waals surface area contributed by atoms with Crippen molar-refractivity contribution in [3.8, 4) is 22.5 Å². The highest BCUT2D eigenvalue weighted by Crippen LogP contribution is 2.38. The lowest BCUT2D eigenvalue weighted by Crippen LogP contribution is -2.15. The SMILES string of the molecule is O=C(O)C(Cc1nc(-c2ccccc2Cl)c(-c2ccccc2Cl)[nH]1)c1cccc2ccccc12. The minimum Gasteiger partial charge on any atom is -0.481 e. The molecule has 0 bridgehead atoms. The number of nitrogens with zero attached hydrogens (tertiary/aromatic N) is 1. The number of fused-ring (bicyclic) bond motifs is 1. The minimum absolute atomic E-state index is 0.186. The smallest absolute Gasteiger partial charge is 0.311 e. The quantitative estimate of drug-likeness (QED) is 0.259. The summed E-state index contributed by atoms with van der Waals surface area (Å²) in [6.45, 7) is 0. The number of carbonyl (C=O) groups is 1. The number of nitrogens with one attached hydrogen (secondary N) is 1. The van der Waals surface area contributed by atoms with Gasteiger partial charge in [-0.3, -0.25) is 4.79 Å². The van der Waals surface area contributed by atoms with Crippen LogP contribution in [-0.4, -0.2) is 21.0 Å². The number of aromatic nitrogens is 2. The zero-order chi connectivity index (χ0) is 23.7. The number of benzene rings is 4. The molecule has 6 heteroatoms. The fourth-order valence-corrected chi connectivity index (χ4v) is 4.76. The topological polar surface area (TPSA) is 66.0 Å². The van der Waals surface area contributed by atoms with E-state index in [0.717, 1.165) is 27.5 Å². The van der Waals surface area contributed by atoms with Crippen molar-refractivity contribution >= 4 is 39.9 Å². The van der Waals surface area contributed by atoms with Gasteiger partial charge in [0.25, 0.3) is 0 Å². The van der Waals surface area contributed by atoms with E-state index >= 15 is 0 Å². The van der Waals surface area contributed by atoms with E-state index in [1.807, 2.05) is 84.9 Å². The third-order valence-electron chi connectivity index (χ3n) is 5.92. The van der Waals surface area contributed by atoms with Gasteiger partial charge < -0.3 is 10.1 Å². The lowest BCUT2D eigenvalue weighted by molar-refractivity contribution is -0.138. The second-order valence-electron chi connectivity index (χ2n) is 8.03. The molecule has 168 valence electrons. The molecule has 0 aliphatic heterocycles. The Bertz CT molecular complexity index is 1440. The first-order valence-electron chi connectivity index (χ1n) is 10.8. The molecule has 0 fully saturated rings. The molecule has 5 rings (SSSR count). The van der Waals surface area contributed by atoms with Crippen molar-refractivity contribution in [1.29, 1.82) is 0 Å². The van der Waals surface area contributed by atoms with Gasteiger partial charge in [0.05, 0.1) is 22.3 Å². The van der Waals surface area contributed by atoms with Gasteiger partial charge in [-0.15, -0.1) is 0 Å². The summed E-state index contributed by atoms with van der Waals surface area (Å²) >= 11 is 13.0. The summed E-state index contributed by atoms with van der Waals surface area (Å²) in [5.41, 5.74) is 3.61. The molecule has 4 nitrogen and oxygen atoms in total. The molecule has 0 aliphatic rings. The number of aliphatic carboxylic acids is 1. The van der Waals surface area contributed by atoms with Gasteiger partial charge in [-0.2, -0.15) is 0 Å². The molecule has 1 unspecified atom stereocenters. The molecular formula is C28H20Cl2N2O2. The summed E-state index contributed by atoms with van der Waals surface area (Å²) in [5, 5.41) is 13.2. The summed E-state index contributed by atoms with van der Waals surface area (Å²) in [6, 6.07) is 28.4. The molecule has 1 heterocycles. The van der Waals surface area contributed by atoms with Gasteiger partial charge >= 0.3 is 5.97 Å². The van der Waals surface area contributed by atoms with Crippen molar-refractivity contribution < 1.29 is 9.90 Å². The number of hydrogen-bond donors (Lipinski definition) is 2. The van der Waals surface area contributed by atoms with Gasteiger partial charge in [0, 0.05) is 22.6 Å². The van der Waals surface area contributed by atoms with Crippen LogP contribution in [0, 0.1) is 0 Å². The van der Waals surface area contributed by atoms with Crippen molar-refractivity contribution in [1.82, 2.24) is 9.97 Å². The van der Waals surface area contributed by atoms with E-state index in [1.54, 1.807) is 6.07 Å². The van der Waals surface area contributed by atoms with Gasteiger partial charge in [0.15, 0.2) is 0 Å². The zero-order valence-electron chi connectivity index (χ0n) is 18.0. The first-order valence-corrected chi connectivity index (χ1v) is 11.6. The van der Waals surface area contributed by atoms with E-state index in [1.165, 1.54) is 0 Å². The maximum Gasteiger partial charge on any atom is 0.311 e. The number of H-pyrrole nitrogens is 1. The third kappa shape index (κ3) is 4.18. The molecule has 0 saturated carbocycles. The van der Waals surface area contributed by atoms with Crippen LogP contribution in [0.5, 0.6) is 0 Å². The van der Waals surface area contributed by atoms with Crippen LogP contribution in [0.2, 0.25) is 10.0 Å². The van der Waals surface area contributed by atoms with Crippen molar-refractivity contribution in [2.24, 2.45) is 0 Å². The second kappa shape index (κ2) is 9.34. The molecular weight excluding hydrogens is 467 g/mol. The molecule has 0 aliphatic carbocycles. The molecule has 0 spiro atoms. The Balaban J connectivity index is 1.64. The van der Waals surface area contributed by atoms with Gasteiger partial charge in [0.2, 0.25) is 0 Å². The molecule has 1 aromatic heterocycles.